The van der Waals surface area contributed by atoms with Gasteiger partial charge in [0, 0.05) is 20.2 Å². The largest absolute Gasteiger partial charge is 0.494 e. The van der Waals surface area contributed by atoms with Gasteiger partial charge >= 0.3 is 5.69 Å². The van der Waals surface area contributed by atoms with E-state index in [1.165, 1.54) is 28.4 Å². The number of aryl methyl sites for hydroxylation is 2. The van der Waals surface area contributed by atoms with Crippen molar-refractivity contribution in [2.75, 3.05) is 11.8 Å². The summed E-state index contributed by atoms with van der Waals surface area (Å²) in [6, 6.07) is 11.3. The van der Waals surface area contributed by atoms with Crippen molar-refractivity contribution in [2.45, 2.75) is 4.90 Å². The molecule has 0 aliphatic carbocycles. The maximum absolute atomic E-state index is 12.5. The van der Waals surface area contributed by atoms with E-state index in [1.807, 2.05) is 0 Å². The van der Waals surface area contributed by atoms with Crippen LogP contribution in [0.5, 0.6) is 5.75 Å². The molecule has 0 aliphatic rings. The number of ether oxygens (including phenoxy) is 1. The van der Waals surface area contributed by atoms with Crippen LogP contribution in [0.2, 0.25) is 0 Å². The van der Waals surface area contributed by atoms with Gasteiger partial charge in [-0.1, -0.05) is 18.2 Å². The molecule has 0 saturated carbocycles. The van der Waals surface area contributed by atoms with Crippen LogP contribution < -0.4 is 15.1 Å². The quantitative estimate of drug-likeness (QED) is 0.778. The monoisotopic (exact) mass is 347 g/mol. The summed E-state index contributed by atoms with van der Waals surface area (Å²) < 4.78 is 35.8. The van der Waals surface area contributed by atoms with Gasteiger partial charge in [-0.25, -0.2) is 13.2 Å². The molecule has 0 radical (unpaired) electrons. The third-order valence-corrected chi connectivity index (χ3v) is 5.27. The summed E-state index contributed by atoms with van der Waals surface area (Å²) in [5.74, 6) is 0.336. The summed E-state index contributed by atoms with van der Waals surface area (Å²) in [5, 5.41) is 0. The molecular formula is C16H17N3O4S. The fraction of sp³-hybridized carbons (Fsp3) is 0.188. The maximum atomic E-state index is 12.5. The average molecular weight is 347 g/mol. The molecule has 1 aromatic heterocycles. The zero-order valence-corrected chi connectivity index (χ0v) is 14.3. The number of nitrogens with one attached hydrogen (secondary N) is 1. The van der Waals surface area contributed by atoms with Gasteiger partial charge in [-0.2, -0.15) is 0 Å². The topological polar surface area (TPSA) is 82.3 Å². The molecular weight excluding hydrogens is 330 g/mol. The van der Waals surface area contributed by atoms with Crippen LogP contribution in [0.3, 0.4) is 0 Å². The lowest BCUT2D eigenvalue weighted by molar-refractivity contribution is 0.417. The van der Waals surface area contributed by atoms with Gasteiger partial charge in [0.2, 0.25) is 0 Å². The first-order valence-corrected chi connectivity index (χ1v) is 8.65. The highest BCUT2D eigenvalue weighted by Gasteiger charge is 2.19. The number of rotatable bonds is 4. The summed E-state index contributed by atoms with van der Waals surface area (Å²) in [7, 11) is 0.974. The Morgan fingerprint density at radius 3 is 2.17 bits per heavy atom. The molecule has 0 aliphatic heterocycles. The molecule has 8 heteroatoms. The van der Waals surface area contributed by atoms with E-state index < -0.39 is 10.0 Å². The van der Waals surface area contributed by atoms with Crippen molar-refractivity contribution >= 4 is 26.7 Å². The number of hydrogen-bond donors (Lipinski definition) is 1. The van der Waals surface area contributed by atoms with Gasteiger partial charge in [-0.3, -0.25) is 13.9 Å². The van der Waals surface area contributed by atoms with E-state index in [0.717, 1.165) is 0 Å². The Kier molecular flexibility index (Phi) is 3.84. The van der Waals surface area contributed by atoms with Crippen molar-refractivity contribution < 1.29 is 13.2 Å². The lowest BCUT2D eigenvalue weighted by atomic mass is 10.2. The first-order chi connectivity index (χ1) is 11.3. The van der Waals surface area contributed by atoms with E-state index >= 15 is 0 Å². The molecule has 0 saturated heterocycles. The highest BCUT2D eigenvalue weighted by atomic mass is 32.2. The van der Waals surface area contributed by atoms with Crippen molar-refractivity contribution in [2.24, 2.45) is 14.1 Å². The molecule has 0 unspecified atom stereocenters. The Morgan fingerprint density at radius 1 is 1.00 bits per heavy atom. The van der Waals surface area contributed by atoms with E-state index in [-0.39, 0.29) is 16.3 Å². The average Bonchev–Trinajstić information content (AvgIpc) is 2.79. The molecule has 24 heavy (non-hydrogen) atoms. The Morgan fingerprint density at radius 2 is 1.58 bits per heavy atom. The zero-order chi connectivity index (χ0) is 17.5. The molecule has 0 atom stereocenters. The van der Waals surface area contributed by atoms with E-state index in [2.05, 4.69) is 4.72 Å². The van der Waals surface area contributed by atoms with E-state index in [9.17, 15) is 13.2 Å². The number of aromatic nitrogens is 2. The molecule has 0 amide bonds. The maximum Gasteiger partial charge on any atom is 0.328 e. The van der Waals surface area contributed by atoms with E-state index in [0.29, 0.717) is 16.8 Å². The molecule has 0 fully saturated rings. The van der Waals surface area contributed by atoms with Crippen molar-refractivity contribution in [1.82, 2.24) is 9.13 Å². The van der Waals surface area contributed by atoms with Gasteiger partial charge in [0.1, 0.15) is 5.75 Å². The number of fused-ring (bicyclic) bond motifs is 1. The zero-order valence-electron chi connectivity index (χ0n) is 13.5. The molecule has 0 spiro atoms. The Bertz CT molecular complexity index is 1070. The van der Waals surface area contributed by atoms with Gasteiger partial charge < -0.3 is 4.74 Å². The van der Waals surface area contributed by atoms with Gasteiger partial charge in [0.15, 0.2) is 0 Å². The molecule has 0 bridgehead atoms. The second kappa shape index (κ2) is 5.72. The number of benzene rings is 2. The van der Waals surface area contributed by atoms with Crippen LogP contribution in [-0.2, 0) is 24.1 Å². The van der Waals surface area contributed by atoms with Crippen molar-refractivity contribution in [3.05, 3.63) is 52.9 Å². The Hall–Kier alpha value is -2.74. The van der Waals surface area contributed by atoms with Gasteiger partial charge in [0.05, 0.1) is 28.7 Å². The van der Waals surface area contributed by atoms with Crippen LogP contribution in [-0.4, -0.2) is 24.7 Å². The highest BCUT2D eigenvalue weighted by Crippen LogP contribution is 2.31. The second-order valence-electron chi connectivity index (χ2n) is 5.36. The minimum atomic E-state index is -3.75. The number of imidazole rings is 1. The summed E-state index contributed by atoms with van der Waals surface area (Å²) >= 11 is 0. The number of methoxy groups -OCH3 is 1. The van der Waals surface area contributed by atoms with Crippen LogP contribution in [0, 0.1) is 0 Å². The van der Waals surface area contributed by atoms with Crippen molar-refractivity contribution in [3.8, 4) is 5.75 Å². The minimum Gasteiger partial charge on any atom is -0.494 e. The first-order valence-electron chi connectivity index (χ1n) is 7.16. The van der Waals surface area contributed by atoms with E-state index in [4.69, 9.17) is 4.74 Å². The molecule has 1 heterocycles. The van der Waals surface area contributed by atoms with Crippen LogP contribution in [0.25, 0.3) is 11.0 Å². The summed E-state index contributed by atoms with van der Waals surface area (Å²) in [4.78, 5) is 12.2. The Balaban J connectivity index is 2.16. The molecule has 126 valence electrons. The summed E-state index contributed by atoms with van der Waals surface area (Å²) in [5.41, 5.74) is 1.33. The minimum absolute atomic E-state index is 0.147. The number of hydrogen-bond acceptors (Lipinski definition) is 4. The van der Waals surface area contributed by atoms with Crippen molar-refractivity contribution in [1.29, 1.82) is 0 Å². The van der Waals surface area contributed by atoms with E-state index in [1.54, 1.807) is 44.4 Å². The SMILES string of the molecule is COc1cc2c(cc1NS(=O)(=O)c1ccccc1)n(C)c(=O)n2C. The van der Waals surface area contributed by atoms with Crippen LogP contribution in [0.15, 0.2) is 52.2 Å². The molecule has 7 nitrogen and oxygen atoms in total. The predicted octanol–water partition coefficient (Wildman–Crippen LogP) is 1.69. The third-order valence-electron chi connectivity index (χ3n) is 3.89. The summed E-state index contributed by atoms with van der Waals surface area (Å²) in [6.07, 6.45) is 0. The number of anilines is 1. The predicted molar refractivity (Wildman–Crippen MR) is 92.0 cm³/mol. The smallest absolute Gasteiger partial charge is 0.328 e. The standard InChI is InChI=1S/C16H17N3O4S/c1-18-13-9-12(15(23-3)10-14(13)19(2)16(18)20)17-24(21,22)11-7-5-4-6-8-11/h4-10,17H,1-3H3. The van der Waals surface area contributed by atoms with Gasteiger partial charge in [-0.05, 0) is 18.2 Å². The van der Waals surface area contributed by atoms with Crippen LogP contribution in [0.1, 0.15) is 0 Å². The van der Waals surface area contributed by atoms with Crippen LogP contribution >= 0.6 is 0 Å². The third kappa shape index (κ3) is 2.54. The molecule has 2 aromatic carbocycles. The first kappa shape index (κ1) is 16.1. The highest BCUT2D eigenvalue weighted by molar-refractivity contribution is 7.92. The number of nitrogens with zero attached hydrogens (tertiary/aromatic N) is 2. The van der Waals surface area contributed by atoms with Crippen LogP contribution in [0.4, 0.5) is 5.69 Å². The second-order valence-corrected chi connectivity index (χ2v) is 7.04. The molecule has 1 N–H and O–H groups in total. The normalized spacial score (nSPS) is 11.6. The molecule has 3 aromatic rings. The fourth-order valence-electron chi connectivity index (χ4n) is 2.58. The summed E-state index contributed by atoms with van der Waals surface area (Å²) in [6.45, 7) is 0. The van der Waals surface area contributed by atoms with Crippen molar-refractivity contribution in [3.63, 3.8) is 0 Å². The lowest BCUT2D eigenvalue weighted by Gasteiger charge is -2.12. The van der Waals surface area contributed by atoms with Gasteiger partial charge in [0.25, 0.3) is 10.0 Å². The Labute approximate surface area is 139 Å². The number of sulfonamides is 1. The van der Waals surface area contributed by atoms with Gasteiger partial charge in [-0.15, -0.1) is 0 Å². The fourth-order valence-corrected chi connectivity index (χ4v) is 3.66. The lowest BCUT2D eigenvalue weighted by Crippen LogP contribution is -2.19. The molecule has 3 rings (SSSR count).